The molecule has 0 aliphatic carbocycles. The summed E-state index contributed by atoms with van der Waals surface area (Å²) in [5.41, 5.74) is 9.25. The van der Waals surface area contributed by atoms with Crippen LogP contribution >= 0.6 is 0 Å². The number of nitriles is 1. The number of nitrogens with zero attached hydrogens (tertiary/aromatic N) is 3. The molecule has 0 N–H and O–H groups in total. The van der Waals surface area contributed by atoms with Crippen LogP contribution in [0.2, 0.25) is 0 Å². The monoisotopic (exact) mass is 659 g/mol. The number of aryl methyl sites for hydroxylation is 1. The van der Waals surface area contributed by atoms with Crippen molar-refractivity contribution in [1.82, 2.24) is 0 Å². The van der Waals surface area contributed by atoms with Crippen molar-refractivity contribution >= 4 is 11.4 Å². The van der Waals surface area contributed by atoms with Crippen molar-refractivity contribution in [3.63, 3.8) is 0 Å². The van der Waals surface area contributed by atoms with E-state index in [4.69, 9.17) is 5.26 Å². The molecule has 1 aliphatic heterocycles. The Kier molecular flexibility index (Phi) is 10.8. The number of hydrogen-bond acceptors (Lipinski definition) is 2. The molecule has 0 amide bonds. The van der Waals surface area contributed by atoms with Crippen molar-refractivity contribution in [2.75, 3.05) is 0 Å². The molecule has 197 valence electrons. The molecular formula is C35H31ErN3+. The van der Waals surface area contributed by atoms with E-state index < -0.39 is 0 Å². The van der Waals surface area contributed by atoms with E-state index in [2.05, 4.69) is 91.5 Å². The molecule has 0 saturated carbocycles. The van der Waals surface area contributed by atoms with Gasteiger partial charge in [0.15, 0.2) is 0 Å². The molecule has 1 aromatic heterocycles. The molecule has 5 rings (SSSR count). The van der Waals surface area contributed by atoms with Crippen molar-refractivity contribution in [3.8, 4) is 17.3 Å². The van der Waals surface area contributed by atoms with Crippen LogP contribution in [0.3, 0.4) is 0 Å². The van der Waals surface area contributed by atoms with E-state index in [-0.39, 0.29) is 37.3 Å². The fourth-order valence-corrected chi connectivity index (χ4v) is 4.61. The number of benzene rings is 3. The fourth-order valence-electron chi connectivity index (χ4n) is 4.61. The SMILES string of the molecule is C=CC(=N/C(=C\C)c1cccc(C#N)c1)c1[c-]cccc1.Cc1cccc2[n+]1[C-](C)[C-](C)c1ccccc1-2.[Er+3]. The summed E-state index contributed by atoms with van der Waals surface area (Å²) < 4.78 is 2.34. The van der Waals surface area contributed by atoms with Gasteiger partial charge >= 0.3 is 37.3 Å². The quantitative estimate of drug-likeness (QED) is 0.126. The summed E-state index contributed by atoms with van der Waals surface area (Å²) in [4.78, 5) is 4.65. The standard InChI is InChI=1S/C19H15N2.C16H16N.Er/c1-3-18(16-10-6-5-7-11-16)21-19(4-2)17-12-8-9-15(13-17)14-20;1-11-7-6-10-16-15-9-5-4-8-14(15)12(2)13(3)17(11)16;/h3-10,12-13H,1H2,2H3;4-10H,1-3H3;/q2*-1;+3/b19-4-,21-18?;;. The first-order valence-corrected chi connectivity index (χ1v) is 12.6. The second kappa shape index (κ2) is 14.0. The van der Waals surface area contributed by atoms with Gasteiger partial charge in [-0.2, -0.15) is 16.9 Å². The van der Waals surface area contributed by atoms with Crippen molar-refractivity contribution in [2.45, 2.75) is 27.7 Å². The van der Waals surface area contributed by atoms with Crippen molar-refractivity contribution < 1.29 is 41.9 Å². The van der Waals surface area contributed by atoms with Gasteiger partial charge in [-0.05, 0) is 38.6 Å². The number of hydrogen-bond donors (Lipinski definition) is 0. The molecule has 0 atom stereocenters. The molecule has 3 aromatic carbocycles. The van der Waals surface area contributed by atoms with Gasteiger partial charge in [-0.1, -0.05) is 55.5 Å². The van der Waals surface area contributed by atoms with Crippen LogP contribution < -0.4 is 4.57 Å². The number of fused-ring (bicyclic) bond motifs is 3. The minimum Gasteiger partial charge on any atom is -0.343 e. The Balaban J connectivity index is 0.000000214. The number of allylic oxidation sites excluding steroid dienone is 2. The molecule has 2 heterocycles. The van der Waals surface area contributed by atoms with Crippen molar-refractivity contribution in [1.29, 1.82) is 5.26 Å². The number of rotatable bonds is 4. The van der Waals surface area contributed by atoms with Gasteiger partial charge in [-0.15, -0.1) is 66.1 Å². The molecule has 39 heavy (non-hydrogen) atoms. The first-order valence-electron chi connectivity index (χ1n) is 12.6. The normalized spacial score (nSPS) is 12.2. The van der Waals surface area contributed by atoms with Crippen molar-refractivity contribution in [3.05, 3.63) is 156 Å². The maximum Gasteiger partial charge on any atom is 3.00 e. The molecule has 0 spiro atoms. The second-order valence-corrected chi connectivity index (χ2v) is 8.99. The summed E-state index contributed by atoms with van der Waals surface area (Å²) in [7, 11) is 0. The molecular weight excluding hydrogens is 630 g/mol. The van der Waals surface area contributed by atoms with Crippen LogP contribution in [0.4, 0.5) is 0 Å². The summed E-state index contributed by atoms with van der Waals surface area (Å²) in [5, 5.41) is 9.00. The Morgan fingerprint density at radius 1 is 1.00 bits per heavy atom. The Morgan fingerprint density at radius 2 is 1.74 bits per heavy atom. The van der Waals surface area contributed by atoms with E-state index in [1.54, 1.807) is 12.1 Å². The Hall–Kier alpha value is -3.56. The van der Waals surface area contributed by atoms with Crippen molar-refractivity contribution in [2.24, 2.45) is 4.99 Å². The molecule has 4 heteroatoms. The third-order valence-corrected chi connectivity index (χ3v) is 6.65. The van der Waals surface area contributed by atoms with Crippen LogP contribution in [0, 0.1) is 73.6 Å². The van der Waals surface area contributed by atoms with Gasteiger partial charge in [-0.25, -0.2) is 0 Å². The van der Waals surface area contributed by atoms with E-state index in [0.29, 0.717) is 5.56 Å². The van der Waals surface area contributed by atoms with Gasteiger partial charge in [0.1, 0.15) is 0 Å². The van der Waals surface area contributed by atoms with Gasteiger partial charge in [0.2, 0.25) is 0 Å². The molecule has 4 aromatic rings. The number of pyridine rings is 1. The van der Waals surface area contributed by atoms with E-state index in [1.807, 2.05) is 55.5 Å². The predicted molar refractivity (Wildman–Crippen MR) is 156 cm³/mol. The van der Waals surface area contributed by atoms with Crippen LogP contribution in [0.25, 0.3) is 17.0 Å². The molecule has 0 unspecified atom stereocenters. The van der Waals surface area contributed by atoms with Crippen LogP contribution in [-0.4, -0.2) is 5.71 Å². The predicted octanol–water partition coefficient (Wildman–Crippen LogP) is 7.70. The first kappa shape index (κ1) is 30.0. The molecule has 0 fully saturated rings. The number of aliphatic imine (C=N–C) groups is 1. The molecule has 0 bridgehead atoms. The average Bonchev–Trinajstić information content (AvgIpc) is 2.97. The zero-order valence-electron chi connectivity index (χ0n) is 22.7. The topological polar surface area (TPSA) is 40.0 Å². The van der Waals surface area contributed by atoms with Crippen LogP contribution in [0.5, 0.6) is 0 Å². The Labute approximate surface area is 262 Å². The molecule has 1 aliphatic rings. The third kappa shape index (κ3) is 6.72. The van der Waals surface area contributed by atoms with E-state index in [9.17, 15) is 0 Å². The fraction of sp³-hybridized carbons (Fsp3) is 0.114. The zero-order chi connectivity index (χ0) is 27.1. The van der Waals surface area contributed by atoms with Gasteiger partial charge in [-0.3, -0.25) is 4.99 Å². The second-order valence-electron chi connectivity index (χ2n) is 8.99. The maximum atomic E-state index is 9.00. The summed E-state index contributed by atoms with van der Waals surface area (Å²) in [5.74, 6) is 1.37. The maximum absolute atomic E-state index is 9.00. The smallest absolute Gasteiger partial charge is 0.343 e. The van der Waals surface area contributed by atoms with Crippen LogP contribution in [-0.2, 0) is 0 Å². The van der Waals surface area contributed by atoms with E-state index in [0.717, 1.165) is 22.5 Å². The van der Waals surface area contributed by atoms with E-state index in [1.165, 1.54) is 34.5 Å². The van der Waals surface area contributed by atoms with Crippen LogP contribution in [0.15, 0.2) is 115 Å². The molecule has 1 radical (unpaired) electrons. The van der Waals surface area contributed by atoms with Gasteiger partial charge in [0, 0.05) is 11.6 Å². The van der Waals surface area contributed by atoms with Crippen LogP contribution in [0.1, 0.15) is 48.7 Å². The minimum atomic E-state index is 0. The largest absolute Gasteiger partial charge is 3.00 e. The molecule has 0 saturated heterocycles. The summed E-state index contributed by atoms with van der Waals surface area (Å²) in [6, 6.07) is 36.8. The average molecular weight is 661 g/mol. The van der Waals surface area contributed by atoms with Gasteiger partial charge in [0.05, 0.1) is 28.7 Å². The van der Waals surface area contributed by atoms with E-state index >= 15 is 0 Å². The summed E-state index contributed by atoms with van der Waals surface area (Å²) in [6.07, 6.45) is 3.63. The molecule has 3 nitrogen and oxygen atoms in total. The summed E-state index contributed by atoms with van der Waals surface area (Å²) in [6.45, 7) is 12.3. The summed E-state index contributed by atoms with van der Waals surface area (Å²) >= 11 is 0. The van der Waals surface area contributed by atoms with Gasteiger partial charge < -0.3 is 4.57 Å². The zero-order valence-corrected chi connectivity index (χ0v) is 24.5. The van der Waals surface area contributed by atoms with Gasteiger partial charge in [0.25, 0.3) is 0 Å². The Morgan fingerprint density at radius 3 is 2.44 bits per heavy atom. The minimum absolute atomic E-state index is 0. The number of aromatic nitrogens is 1. The Bertz CT molecular complexity index is 1540. The third-order valence-electron chi connectivity index (χ3n) is 6.65. The first-order chi connectivity index (χ1) is 18.5.